The minimum Gasteiger partial charge on any atom is -0.324 e. The van der Waals surface area contributed by atoms with Gasteiger partial charge in [0.25, 0.3) is 5.91 Å². The molecule has 2 aromatic carbocycles. The van der Waals surface area contributed by atoms with Crippen molar-refractivity contribution in [2.24, 2.45) is 0 Å². The highest BCUT2D eigenvalue weighted by Crippen LogP contribution is 2.30. The Hall–Kier alpha value is -2.97. The van der Waals surface area contributed by atoms with Crippen molar-refractivity contribution in [1.29, 1.82) is 0 Å². The lowest BCUT2D eigenvalue weighted by molar-refractivity contribution is 0.102. The Morgan fingerprint density at radius 3 is 2.65 bits per heavy atom. The predicted molar refractivity (Wildman–Crippen MR) is 123 cm³/mol. The lowest BCUT2D eigenvalue weighted by Gasteiger charge is -2.31. The van der Waals surface area contributed by atoms with E-state index >= 15 is 0 Å². The van der Waals surface area contributed by atoms with Gasteiger partial charge in [-0.25, -0.2) is 4.79 Å². The number of carbonyl (C=O) groups is 2. The number of aromatic nitrogens is 2. The molecule has 2 heterocycles. The maximum absolute atomic E-state index is 12.7. The summed E-state index contributed by atoms with van der Waals surface area (Å²) in [7, 11) is 0. The molecule has 1 aliphatic rings. The number of nitrogens with one attached hydrogen (secondary N) is 2. The number of urea groups is 1. The molecule has 1 aromatic heterocycles. The number of hydrogen-bond donors (Lipinski definition) is 2. The molecular weight excluding hydrogens is 434 g/mol. The van der Waals surface area contributed by atoms with E-state index in [2.05, 4.69) is 20.8 Å². The highest BCUT2D eigenvalue weighted by Gasteiger charge is 2.28. The maximum atomic E-state index is 12.7. The molecule has 1 atom stereocenters. The Morgan fingerprint density at radius 1 is 1.10 bits per heavy atom. The van der Waals surface area contributed by atoms with Gasteiger partial charge < -0.3 is 15.5 Å². The third-order valence-electron chi connectivity index (χ3n) is 5.04. The summed E-state index contributed by atoms with van der Waals surface area (Å²) >= 11 is 7.23. The molecule has 4 rings (SSSR count). The molecule has 0 radical (unpaired) electrons. The Bertz CT molecular complexity index is 1100. The second kappa shape index (κ2) is 9.45. The first-order valence-corrected chi connectivity index (χ1v) is 11.2. The van der Waals surface area contributed by atoms with Crippen molar-refractivity contribution >= 4 is 46.3 Å². The smallest absolute Gasteiger partial charge is 0.321 e. The zero-order valence-corrected chi connectivity index (χ0v) is 18.5. The van der Waals surface area contributed by atoms with E-state index in [-0.39, 0.29) is 22.9 Å². The minimum absolute atomic E-state index is 0.0576. The van der Waals surface area contributed by atoms with Gasteiger partial charge in [0, 0.05) is 35.4 Å². The van der Waals surface area contributed by atoms with Crippen LogP contribution in [0, 0.1) is 6.92 Å². The van der Waals surface area contributed by atoms with Crippen LogP contribution in [0.2, 0.25) is 5.02 Å². The number of aryl methyl sites for hydroxylation is 1. The lowest BCUT2D eigenvalue weighted by atomic mass is 9.99. The standard InChI is InChI=1S/C22H22ClN5O2S/c1-14-5-2-8-17(11-14)25-22(30)28-10-4-6-15(13-28)20-26-27-21(31-20)19(29)24-18-9-3-7-16(23)12-18/h2-3,5,7-9,11-12,15H,4,6,10,13H2,1H3,(H,24,29)(H,25,30)/t15-/m1/s1. The SMILES string of the molecule is Cc1cccc(NC(=O)N2CCC[C@@H](c3nnc(C(=O)Nc4cccc(Cl)c4)s3)C2)c1. The van der Waals surface area contributed by atoms with Crippen LogP contribution in [0.15, 0.2) is 48.5 Å². The summed E-state index contributed by atoms with van der Waals surface area (Å²) < 4.78 is 0. The molecule has 160 valence electrons. The zero-order chi connectivity index (χ0) is 21.8. The fraction of sp³-hybridized carbons (Fsp3) is 0.273. The molecule has 9 heteroatoms. The van der Waals surface area contributed by atoms with Crippen LogP contribution in [0.3, 0.4) is 0 Å². The Balaban J connectivity index is 1.39. The van der Waals surface area contributed by atoms with Crippen molar-refractivity contribution < 1.29 is 9.59 Å². The zero-order valence-electron chi connectivity index (χ0n) is 17.0. The summed E-state index contributed by atoms with van der Waals surface area (Å²) in [5.41, 5.74) is 2.47. The summed E-state index contributed by atoms with van der Waals surface area (Å²) in [6.07, 6.45) is 1.77. The molecule has 7 nitrogen and oxygen atoms in total. The largest absolute Gasteiger partial charge is 0.324 e. The summed E-state index contributed by atoms with van der Waals surface area (Å²) in [5, 5.41) is 15.6. The van der Waals surface area contributed by atoms with Crippen molar-refractivity contribution in [2.75, 3.05) is 23.7 Å². The molecule has 0 bridgehead atoms. The van der Waals surface area contributed by atoms with E-state index in [1.54, 1.807) is 29.2 Å². The van der Waals surface area contributed by atoms with E-state index in [0.717, 1.165) is 29.1 Å². The van der Waals surface area contributed by atoms with Crippen molar-refractivity contribution in [2.45, 2.75) is 25.7 Å². The van der Waals surface area contributed by atoms with Crippen LogP contribution in [0.4, 0.5) is 16.2 Å². The van der Waals surface area contributed by atoms with Crippen LogP contribution in [0.25, 0.3) is 0 Å². The van der Waals surface area contributed by atoms with E-state index in [0.29, 0.717) is 23.8 Å². The van der Waals surface area contributed by atoms with Gasteiger partial charge in [-0.3, -0.25) is 4.79 Å². The summed E-state index contributed by atoms with van der Waals surface area (Å²) in [6.45, 7) is 3.22. The topological polar surface area (TPSA) is 87.2 Å². The van der Waals surface area contributed by atoms with E-state index < -0.39 is 0 Å². The lowest BCUT2D eigenvalue weighted by Crippen LogP contribution is -2.41. The van der Waals surface area contributed by atoms with Crippen LogP contribution in [-0.2, 0) is 0 Å². The van der Waals surface area contributed by atoms with Crippen molar-refractivity contribution in [1.82, 2.24) is 15.1 Å². The number of piperidine rings is 1. The van der Waals surface area contributed by atoms with Crippen LogP contribution in [0.1, 0.15) is 39.1 Å². The average Bonchev–Trinajstić information content (AvgIpc) is 3.24. The van der Waals surface area contributed by atoms with Crippen molar-refractivity contribution in [3.05, 3.63) is 69.1 Å². The molecule has 1 fully saturated rings. The molecule has 1 aliphatic heterocycles. The first-order valence-electron chi connectivity index (χ1n) is 10.0. The Morgan fingerprint density at radius 2 is 1.87 bits per heavy atom. The van der Waals surface area contributed by atoms with Gasteiger partial charge in [-0.2, -0.15) is 0 Å². The van der Waals surface area contributed by atoms with Gasteiger partial charge in [0.15, 0.2) is 0 Å². The number of halogens is 1. The molecule has 0 spiro atoms. The molecule has 0 aliphatic carbocycles. The summed E-state index contributed by atoms with van der Waals surface area (Å²) in [4.78, 5) is 27.0. The number of rotatable bonds is 4. The molecule has 3 aromatic rings. The molecule has 2 N–H and O–H groups in total. The van der Waals surface area contributed by atoms with Gasteiger partial charge in [-0.05, 0) is 55.7 Å². The second-order valence-corrected chi connectivity index (χ2v) is 8.94. The predicted octanol–water partition coefficient (Wildman–Crippen LogP) is 5.16. The Kier molecular flexibility index (Phi) is 6.48. The normalized spacial score (nSPS) is 16.1. The summed E-state index contributed by atoms with van der Waals surface area (Å²) in [5.74, 6) is -0.266. The molecule has 31 heavy (non-hydrogen) atoms. The van der Waals surface area contributed by atoms with Gasteiger partial charge in [-0.15, -0.1) is 10.2 Å². The number of nitrogens with zero attached hydrogens (tertiary/aromatic N) is 3. The van der Waals surface area contributed by atoms with Crippen molar-refractivity contribution in [3.8, 4) is 0 Å². The molecular formula is C22H22ClN5O2S. The van der Waals surface area contributed by atoms with E-state index in [1.807, 2.05) is 31.2 Å². The number of amides is 3. The minimum atomic E-state index is -0.323. The number of carbonyl (C=O) groups excluding carboxylic acids is 2. The highest BCUT2D eigenvalue weighted by molar-refractivity contribution is 7.13. The number of anilines is 2. The fourth-order valence-electron chi connectivity index (χ4n) is 3.53. The van der Waals surface area contributed by atoms with Gasteiger partial charge >= 0.3 is 6.03 Å². The first kappa shape index (κ1) is 21.3. The maximum Gasteiger partial charge on any atom is 0.321 e. The van der Waals surface area contributed by atoms with Crippen LogP contribution in [0.5, 0.6) is 0 Å². The van der Waals surface area contributed by atoms with Crippen LogP contribution >= 0.6 is 22.9 Å². The third-order valence-corrected chi connectivity index (χ3v) is 6.36. The number of benzene rings is 2. The Labute approximate surface area is 189 Å². The van der Waals surface area contributed by atoms with Gasteiger partial charge in [0.05, 0.1) is 0 Å². The fourth-order valence-corrected chi connectivity index (χ4v) is 4.59. The molecule has 3 amide bonds. The molecule has 1 saturated heterocycles. The van der Waals surface area contributed by atoms with Crippen LogP contribution < -0.4 is 10.6 Å². The van der Waals surface area contributed by atoms with Gasteiger partial charge in [0.2, 0.25) is 5.01 Å². The van der Waals surface area contributed by atoms with Gasteiger partial charge in [0.1, 0.15) is 5.01 Å². The first-order chi connectivity index (χ1) is 15.0. The summed E-state index contributed by atoms with van der Waals surface area (Å²) in [6, 6.07) is 14.5. The third kappa shape index (κ3) is 5.39. The molecule has 0 saturated carbocycles. The van der Waals surface area contributed by atoms with E-state index in [1.165, 1.54) is 11.3 Å². The van der Waals surface area contributed by atoms with Crippen LogP contribution in [-0.4, -0.2) is 40.1 Å². The van der Waals surface area contributed by atoms with Gasteiger partial charge in [-0.1, -0.05) is 41.1 Å². The van der Waals surface area contributed by atoms with Crippen molar-refractivity contribution in [3.63, 3.8) is 0 Å². The quantitative estimate of drug-likeness (QED) is 0.568. The number of hydrogen-bond acceptors (Lipinski definition) is 5. The monoisotopic (exact) mass is 455 g/mol. The average molecular weight is 456 g/mol. The van der Waals surface area contributed by atoms with E-state index in [4.69, 9.17) is 11.6 Å². The van der Waals surface area contributed by atoms with E-state index in [9.17, 15) is 9.59 Å². The number of likely N-dealkylation sites (tertiary alicyclic amines) is 1. The second-order valence-electron chi connectivity index (χ2n) is 7.49. The molecule has 0 unspecified atom stereocenters. The highest BCUT2D eigenvalue weighted by atomic mass is 35.5.